The Balaban J connectivity index is 2.32. The molecule has 0 aromatic rings. The van der Waals surface area contributed by atoms with Crippen molar-refractivity contribution in [2.75, 3.05) is 13.2 Å². The summed E-state index contributed by atoms with van der Waals surface area (Å²) in [6.45, 7) is 0.859. The second-order valence-corrected chi connectivity index (χ2v) is 1.81. The molecule has 0 aliphatic carbocycles. The lowest BCUT2D eigenvalue weighted by Gasteiger charge is -2.13. The predicted octanol–water partition coefficient (Wildman–Crippen LogP) is 0.324. The molecule has 0 bridgehead atoms. The van der Waals surface area contributed by atoms with Gasteiger partial charge in [-0.05, 0) is 6.42 Å². The number of aliphatic hydroxyl groups excluding tert-OH is 1. The minimum Gasteiger partial charge on any atom is -0.393 e. The highest BCUT2D eigenvalue weighted by Gasteiger charge is 2.04. The molecule has 0 saturated heterocycles. The van der Waals surface area contributed by atoms with Gasteiger partial charge < -0.3 is 9.84 Å². The number of aliphatic hydroxyl groups is 1. The summed E-state index contributed by atoms with van der Waals surface area (Å²) < 4.78 is 5.09. The molecule has 0 amide bonds. The summed E-state index contributed by atoms with van der Waals surface area (Å²) in [4.78, 5) is 0. The van der Waals surface area contributed by atoms with Crippen LogP contribution >= 0.6 is 0 Å². The fourth-order valence-corrected chi connectivity index (χ4v) is 0.705. The quantitative estimate of drug-likeness (QED) is 0.497. The lowest BCUT2D eigenvalue weighted by Crippen LogP contribution is -2.17. The molecule has 1 aliphatic heterocycles. The van der Waals surface area contributed by atoms with Crippen LogP contribution < -0.4 is 0 Å². The van der Waals surface area contributed by atoms with Gasteiger partial charge in [0.05, 0.1) is 19.3 Å². The van der Waals surface area contributed by atoms with Crippen molar-refractivity contribution in [1.29, 1.82) is 0 Å². The fourth-order valence-electron chi connectivity index (χ4n) is 0.705. The molecule has 0 saturated carbocycles. The Hall–Kier alpha value is -0.340. The summed E-state index contributed by atoms with van der Waals surface area (Å²) in [7, 11) is 0. The maximum absolute atomic E-state index is 8.51. The average molecular weight is 114 g/mol. The number of hydrogen-bond donors (Lipinski definition) is 1. The van der Waals surface area contributed by atoms with Gasteiger partial charge in [-0.3, -0.25) is 0 Å². The van der Waals surface area contributed by atoms with Crippen LogP contribution in [0.1, 0.15) is 6.42 Å². The Morgan fingerprint density at radius 1 is 1.75 bits per heavy atom. The van der Waals surface area contributed by atoms with Gasteiger partial charge in [0.25, 0.3) is 0 Å². The number of ether oxygens (including phenoxy) is 1. The SMILES string of the molecule is OCC1C=CCCO1. The molecule has 0 radical (unpaired) electrons. The topological polar surface area (TPSA) is 29.5 Å². The Morgan fingerprint density at radius 2 is 2.62 bits per heavy atom. The molecule has 0 spiro atoms. The molecule has 0 aromatic carbocycles. The van der Waals surface area contributed by atoms with Crippen LogP contribution in [0.2, 0.25) is 0 Å². The van der Waals surface area contributed by atoms with Crippen molar-refractivity contribution in [3.63, 3.8) is 0 Å². The van der Waals surface area contributed by atoms with Crippen molar-refractivity contribution in [2.24, 2.45) is 0 Å². The van der Waals surface area contributed by atoms with Crippen LogP contribution in [0.5, 0.6) is 0 Å². The van der Waals surface area contributed by atoms with E-state index in [0.29, 0.717) is 0 Å². The molecule has 2 nitrogen and oxygen atoms in total. The van der Waals surface area contributed by atoms with Crippen molar-refractivity contribution in [3.8, 4) is 0 Å². The third-order valence-electron chi connectivity index (χ3n) is 1.15. The first-order chi connectivity index (χ1) is 3.93. The van der Waals surface area contributed by atoms with Gasteiger partial charge in [0.2, 0.25) is 0 Å². The van der Waals surface area contributed by atoms with Gasteiger partial charge >= 0.3 is 0 Å². The van der Waals surface area contributed by atoms with E-state index in [1.165, 1.54) is 0 Å². The van der Waals surface area contributed by atoms with Gasteiger partial charge in [-0.15, -0.1) is 0 Å². The molecular weight excluding hydrogens is 104 g/mol. The van der Waals surface area contributed by atoms with Crippen LogP contribution in [0, 0.1) is 0 Å². The summed E-state index contributed by atoms with van der Waals surface area (Å²) in [5, 5.41) is 8.51. The van der Waals surface area contributed by atoms with Gasteiger partial charge in [-0.1, -0.05) is 12.2 Å². The second-order valence-electron chi connectivity index (χ2n) is 1.81. The van der Waals surface area contributed by atoms with Crippen molar-refractivity contribution < 1.29 is 9.84 Å². The molecule has 1 aliphatic rings. The van der Waals surface area contributed by atoms with Crippen molar-refractivity contribution in [3.05, 3.63) is 12.2 Å². The van der Waals surface area contributed by atoms with E-state index in [-0.39, 0.29) is 12.7 Å². The highest BCUT2D eigenvalue weighted by atomic mass is 16.5. The Morgan fingerprint density at radius 3 is 3.00 bits per heavy atom. The predicted molar refractivity (Wildman–Crippen MR) is 30.6 cm³/mol. The zero-order valence-corrected chi connectivity index (χ0v) is 4.71. The number of rotatable bonds is 1. The van der Waals surface area contributed by atoms with Crippen LogP contribution in [-0.4, -0.2) is 24.4 Å². The van der Waals surface area contributed by atoms with Gasteiger partial charge in [0, 0.05) is 0 Å². The van der Waals surface area contributed by atoms with Gasteiger partial charge in [0.15, 0.2) is 0 Å². The maximum Gasteiger partial charge on any atom is 0.0986 e. The van der Waals surface area contributed by atoms with Crippen molar-refractivity contribution in [2.45, 2.75) is 12.5 Å². The molecule has 46 valence electrons. The lowest BCUT2D eigenvalue weighted by atomic mass is 10.2. The minimum absolute atomic E-state index is 0.0382. The Kier molecular flexibility index (Phi) is 2.06. The molecular formula is C6H10O2. The van der Waals surface area contributed by atoms with Gasteiger partial charge in [0.1, 0.15) is 0 Å². The first-order valence-electron chi connectivity index (χ1n) is 2.82. The van der Waals surface area contributed by atoms with E-state index >= 15 is 0 Å². The molecule has 1 heterocycles. The normalized spacial score (nSPS) is 28.4. The van der Waals surface area contributed by atoms with Crippen molar-refractivity contribution in [1.82, 2.24) is 0 Å². The summed E-state index contributed by atoms with van der Waals surface area (Å²) in [6.07, 6.45) is 4.87. The first kappa shape index (κ1) is 5.79. The molecule has 0 aromatic heterocycles. The van der Waals surface area contributed by atoms with Gasteiger partial charge in [-0.25, -0.2) is 0 Å². The maximum atomic E-state index is 8.51. The largest absolute Gasteiger partial charge is 0.393 e. The molecule has 1 rings (SSSR count). The highest BCUT2D eigenvalue weighted by Crippen LogP contribution is 2.01. The van der Waals surface area contributed by atoms with E-state index in [1.807, 2.05) is 12.2 Å². The summed E-state index contributed by atoms with van der Waals surface area (Å²) in [6, 6.07) is 0. The smallest absolute Gasteiger partial charge is 0.0986 e. The lowest BCUT2D eigenvalue weighted by molar-refractivity contribution is 0.0383. The summed E-state index contributed by atoms with van der Waals surface area (Å²) >= 11 is 0. The zero-order chi connectivity index (χ0) is 5.82. The second kappa shape index (κ2) is 2.84. The van der Waals surface area contributed by atoms with Crippen LogP contribution in [0.15, 0.2) is 12.2 Å². The molecule has 1 N–H and O–H groups in total. The van der Waals surface area contributed by atoms with E-state index in [4.69, 9.17) is 9.84 Å². The molecule has 1 unspecified atom stereocenters. The third-order valence-corrected chi connectivity index (χ3v) is 1.15. The van der Waals surface area contributed by atoms with Gasteiger partial charge in [-0.2, -0.15) is 0 Å². The van der Waals surface area contributed by atoms with E-state index in [1.54, 1.807) is 0 Å². The van der Waals surface area contributed by atoms with E-state index in [2.05, 4.69) is 0 Å². The number of hydrogen-bond acceptors (Lipinski definition) is 2. The highest BCUT2D eigenvalue weighted by molar-refractivity contribution is 4.92. The monoisotopic (exact) mass is 114 g/mol. The summed E-state index contributed by atoms with van der Waals surface area (Å²) in [5.74, 6) is 0. The minimum atomic E-state index is -0.0382. The van der Waals surface area contributed by atoms with Crippen LogP contribution in [0.25, 0.3) is 0 Å². The zero-order valence-electron chi connectivity index (χ0n) is 4.71. The Bertz CT molecular complexity index is 88.5. The van der Waals surface area contributed by atoms with Crippen LogP contribution in [0.3, 0.4) is 0 Å². The fraction of sp³-hybridized carbons (Fsp3) is 0.667. The van der Waals surface area contributed by atoms with Crippen LogP contribution in [0.4, 0.5) is 0 Å². The molecule has 2 heteroatoms. The molecule has 1 atom stereocenters. The van der Waals surface area contributed by atoms with E-state index in [0.717, 1.165) is 13.0 Å². The Labute approximate surface area is 48.8 Å². The standard InChI is InChI=1S/C6H10O2/c7-5-6-3-1-2-4-8-6/h1,3,6-7H,2,4-5H2. The van der Waals surface area contributed by atoms with E-state index in [9.17, 15) is 0 Å². The van der Waals surface area contributed by atoms with E-state index < -0.39 is 0 Å². The van der Waals surface area contributed by atoms with Crippen LogP contribution in [-0.2, 0) is 4.74 Å². The summed E-state index contributed by atoms with van der Waals surface area (Å²) in [5.41, 5.74) is 0. The molecule has 0 fully saturated rings. The average Bonchev–Trinajstić information content (AvgIpc) is 1.90. The first-order valence-corrected chi connectivity index (χ1v) is 2.82. The van der Waals surface area contributed by atoms with Crippen molar-refractivity contribution >= 4 is 0 Å². The molecule has 8 heavy (non-hydrogen) atoms. The third kappa shape index (κ3) is 1.32.